The van der Waals surface area contributed by atoms with Gasteiger partial charge in [-0.3, -0.25) is 9.36 Å². The number of hydrogen-bond donors (Lipinski definition) is 0. The molecule has 3 aromatic rings. The molecule has 0 fully saturated rings. The van der Waals surface area contributed by atoms with E-state index >= 15 is 0 Å². The zero-order valence-corrected chi connectivity index (χ0v) is 13.2. The number of fused-ring (bicyclic) bond motifs is 1. The molecule has 6 nitrogen and oxygen atoms in total. The normalized spacial score (nSPS) is 12.7. The van der Waals surface area contributed by atoms with Crippen molar-refractivity contribution in [3.63, 3.8) is 0 Å². The van der Waals surface area contributed by atoms with Crippen LogP contribution in [0.4, 0.5) is 0 Å². The molecule has 0 aliphatic carbocycles. The van der Waals surface area contributed by atoms with Crippen LogP contribution in [0, 0.1) is 13.8 Å². The van der Waals surface area contributed by atoms with E-state index in [2.05, 4.69) is 15.1 Å². The molecule has 0 aliphatic rings. The summed E-state index contributed by atoms with van der Waals surface area (Å²) in [7, 11) is 0. The van der Waals surface area contributed by atoms with Gasteiger partial charge in [-0.05, 0) is 44.9 Å². The summed E-state index contributed by atoms with van der Waals surface area (Å²) in [5.74, 6) is 0.759. The summed E-state index contributed by atoms with van der Waals surface area (Å²) in [6.45, 7) is 8.66. The van der Waals surface area contributed by atoms with Crippen LogP contribution in [0.1, 0.15) is 36.8 Å². The smallest absolute Gasteiger partial charge is 0.261 e. The maximum Gasteiger partial charge on any atom is 0.261 e. The summed E-state index contributed by atoms with van der Waals surface area (Å²) in [6.07, 6.45) is 3.12. The summed E-state index contributed by atoms with van der Waals surface area (Å²) in [5.41, 5.74) is 2.90. The molecule has 1 atom stereocenters. The van der Waals surface area contributed by atoms with Crippen LogP contribution in [0.25, 0.3) is 10.9 Å². The first-order chi connectivity index (χ1) is 10.5. The first-order valence-corrected chi connectivity index (χ1v) is 7.39. The maximum absolute atomic E-state index is 12.8. The Labute approximate surface area is 128 Å². The van der Waals surface area contributed by atoms with Gasteiger partial charge in [0.25, 0.3) is 5.56 Å². The number of aryl methyl sites for hydroxylation is 3. The minimum atomic E-state index is -0.214. The van der Waals surface area contributed by atoms with Crippen LogP contribution in [0.5, 0.6) is 0 Å². The van der Waals surface area contributed by atoms with E-state index in [4.69, 9.17) is 0 Å². The largest absolute Gasteiger partial charge is 0.288 e. The second-order valence-corrected chi connectivity index (χ2v) is 5.47. The summed E-state index contributed by atoms with van der Waals surface area (Å²) >= 11 is 0. The van der Waals surface area contributed by atoms with E-state index in [0.29, 0.717) is 11.9 Å². The average molecular weight is 297 g/mol. The van der Waals surface area contributed by atoms with Gasteiger partial charge in [0.1, 0.15) is 12.2 Å². The minimum Gasteiger partial charge on any atom is -0.288 e. The third-order valence-corrected chi connectivity index (χ3v) is 4.21. The van der Waals surface area contributed by atoms with Gasteiger partial charge >= 0.3 is 0 Å². The zero-order valence-electron chi connectivity index (χ0n) is 13.2. The van der Waals surface area contributed by atoms with Gasteiger partial charge in [0.15, 0.2) is 0 Å². The third-order valence-electron chi connectivity index (χ3n) is 4.21. The first kappa shape index (κ1) is 14.4. The lowest BCUT2D eigenvalue weighted by atomic mass is 10.1. The van der Waals surface area contributed by atoms with E-state index in [1.807, 2.05) is 39.8 Å². The highest BCUT2D eigenvalue weighted by Crippen LogP contribution is 2.18. The van der Waals surface area contributed by atoms with E-state index in [1.165, 1.54) is 6.33 Å². The van der Waals surface area contributed by atoms with E-state index in [9.17, 15) is 4.79 Å². The summed E-state index contributed by atoms with van der Waals surface area (Å²) in [5, 5.41) is 4.81. The third kappa shape index (κ3) is 2.11. The molecule has 0 saturated carbocycles. The highest BCUT2D eigenvalue weighted by molar-refractivity contribution is 5.81. The Bertz CT molecular complexity index is 893. The van der Waals surface area contributed by atoms with Crippen LogP contribution in [0.2, 0.25) is 0 Å². The van der Waals surface area contributed by atoms with Gasteiger partial charge < -0.3 is 0 Å². The van der Waals surface area contributed by atoms with Crippen molar-refractivity contribution in [3.05, 3.63) is 52.1 Å². The van der Waals surface area contributed by atoms with Crippen molar-refractivity contribution < 1.29 is 0 Å². The number of benzene rings is 1. The van der Waals surface area contributed by atoms with Crippen LogP contribution >= 0.6 is 0 Å². The van der Waals surface area contributed by atoms with Gasteiger partial charge in [-0.15, -0.1) is 0 Å². The molecule has 0 aliphatic heterocycles. The molecule has 0 N–H and O–H groups in total. The highest BCUT2D eigenvalue weighted by atomic mass is 16.1. The van der Waals surface area contributed by atoms with Crippen LogP contribution in [0.15, 0.2) is 29.6 Å². The van der Waals surface area contributed by atoms with Crippen molar-refractivity contribution >= 4 is 10.9 Å². The molecule has 0 radical (unpaired) electrons. The SMILES string of the molecule is CCn1ncnc1[C@H](C)n1cnc2c(C)c(C)ccc2c1=O. The second-order valence-electron chi connectivity index (χ2n) is 5.47. The van der Waals surface area contributed by atoms with Crippen molar-refractivity contribution in [3.8, 4) is 0 Å². The standard InChI is InChI=1S/C16H19N5O/c1-5-21-15(17-8-19-21)12(4)20-9-18-14-11(3)10(2)6-7-13(14)16(20)22/h6-9,12H,5H2,1-4H3/t12-/m0/s1. The summed E-state index contributed by atoms with van der Waals surface area (Å²) in [4.78, 5) is 21.6. The molecule has 22 heavy (non-hydrogen) atoms. The molecule has 0 saturated heterocycles. The number of rotatable bonds is 3. The highest BCUT2D eigenvalue weighted by Gasteiger charge is 2.17. The average Bonchev–Trinajstić information content (AvgIpc) is 2.99. The van der Waals surface area contributed by atoms with Crippen LogP contribution < -0.4 is 5.56 Å². The van der Waals surface area contributed by atoms with E-state index in [-0.39, 0.29) is 11.6 Å². The molecule has 0 spiro atoms. The number of nitrogens with zero attached hydrogens (tertiary/aromatic N) is 5. The Kier molecular flexibility index (Phi) is 3.52. The predicted octanol–water partition coefficient (Wildman–Crippen LogP) is 2.23. The molecule has 0 unspecified atom stereocenters. The van der Waals surface area contributed by atoms with Crippen LogP contribution in [0.3, 0.4) is 0 Å². The number of aromatic nitrogens is 5. The molecule has 2 heterocycles. The van der Waals surface area contributed by atoms with E-state index < -0.39 is 0 Å². The van der Waals surface area contributed by atoms with Gasteiger partial charge in [0.05, 0.1) is 23.3 Å². The van der Waals surface area contributed by atoms with Gasteiger partial charge in [-0.25, -0.2) is 14.6 Å². The monoisotopic (exact) mass is 297 g/mol. The van der Waals surface area contributed by atoms with E-state index in [1.54, 1.807) is 15.6 Å². The zero-order chi connectivity index (χ0) is 15.9. The molecule has 114 valence electrons. The van der Waals surface area contributed by atoms with Crippen molar-refractivity contribution in [1.29, 1.82) is 0 Å². The lowest BCUT2D eigenvalue weighted by Gasteiger charge is -2.16. The fourth-order valence-corrected chi connectivity index (χ4v) is 2.69. The quantitative estimate of drug-likeness (QED) is 0.743. The Morgan fingerprint density at radius 3 is 2.73 bits per heavy atom. The van der Waals surface area contributed by atoms with Crippen LogP contribution in [-0.4, -0.2) is 24.3 Å². The van der Waals surface area contributed by atoms with Crippen molar-refractivity contribution in [2.45, 2.75) is 40.3 Å². The first-order valence-electron chi connectivity index (χ1n) is 7.39. The van der Waals surface area contributed by atoms with Gasteiger partial charge in [-0.1, -0.05) is 6.07 Å². The molecule has 0 amide bonds. The van der Waals surface area contributed by atoms with Crippen molar-refractivity contribution in [2.75, 3.05) is 0 Å². The summed E-state index contributed by atoms with van der Waals surface area (Å²) < 4.78 is 3.41. The van der Waals surface area contributed by atoms with Gasteiger partial charge in [-0.2, -0.15) is 5.10 Å². The summed E-state index contributed by atoms with van der Waals surface area (Å²) in [6, 6.07) is 3.60. The molecule has 0 bridgehead atoms. The predicted molar refractivity (Wildman–Crippen MR) is 85.0 cm³/mol. The van der Waals surface area contributed by atoms with Crippen molar-refractivity contribution in [2.24, 2.45) is 0 Å². The Morgan fingerprint density at radius 2 is 2.00 bits per heavy atom. The van der Waals surface area contributed by atoms with Gasteiger partial charge in [0.2, 0.25) is 0 Å². The molecular formula is C16H19N5O. The molecular weight excluding hydrogens is 278 g/mol. The Balaban J connectivity index is 2.19. The molecule has 6 heteroatoms. The lowest BCUT2D eigenvalue weighted by Crippen LogP contribution is -2.26. The maximum atomic E-state index is 12.8. The van der Waals surface area contributed by atoms with Gasteiger partial charge in [0, 0.05) is 6.54 Å². The Morgan fingerprint density at radius 1 is 1.23 bits per heavy atom. The number of hydrogen-bond acceptors (Lipinski definition) is 4. The second kappa shape index (κ2) is 5.36. The fraction of sp³-hybridized carbons (Fsp3) is 0.375. The lowest BCUT2D eigenvalue weighted by molar-refractivity contribution is 0.514. The molecule has 1 aromatic carbocycles. The fourth-order valence-electron chi connectivity index (χ4n) is 2.69. The van der Waals surface area contributed by atoms with E-state index in [0.717, 1.165) is 22.5 Å². The Hall–Kier alpha value is -2.50. The minimum absolute atomic E-state index is 0.0498. The van der Waals surface area contributed by atoms with Crippen LogP contribution in [-0.2, 0) is 6.54 Å². The molecule has 2 aromatic heterocycles. The van der Waals surface area contributed by atoms with Crippen molar-refractivity contribution in [1.82, 2.24) is 24.3 Å². The topological polar surface area (TPSA) is 65.6 Å². The molecule has 3 rings (SSSR count).